The van der Waals surface area contributed by atoms with Gasteiger partial charge in [0.2, 0.25) is 0 Å². The van der Waals surface area contributed by atoms with Gasteiger partial charge in [-0.05, 0) is 67.5 Å². The lowest BCUT2D eigenvalue weighted by Gasteiger charge is -2.35. The van der Waals surface area contributed by atoms with Crippen molar-refractivity contribution in [2.75, 3.05) is 26.7 Å². The van der Waals surface area contributed by atoms with Crippen LogP contribution in [0.4, 0.5) is 4.39 Å². The molecule has 3 heterocycles. The van der Waals surface area contributed by atoms with Gasteiger partial charge in [-0.1, -0.05) is 5.92 Å². The largest absolute Gasteiger partial charge is 0.497 e. The van der Waals surface area contributed by atoms with Gasteiger partial charge >= 0.3 is 5.97 Å². The van der Waals surface area contributed by atoms with E-state index in [2.05, 4.69) is 21.8 Å². The second-order valence-electron chi connectivity index (χ2n) is 8.22. The van der Waals surface area contributed by atoms with E-state index in [0.717, 1.165) is 11.9 Å². The third kappa shape index (κ3) is 5.49. The summed E-state index contributed by atoms with van der Waals surface area (Å²) < 4.78 is 25.7. The molecular formula is C25H26FN3O4. The number of hydrogen-bond donors (Lipinski definition) is 1. The van der Waals surface area contributed by atoms with Gasteiger partial charge in [0.05, 0.1) is 31.3 Å². The van der Waals surface area contributed by atoms with Gasteiger partial charge in [0.15, 0.2) is 12.2 Å². The third-order valence-electron chi connectivity index (χ3n) is 6.21. The smallest absolute Gasteiger partial charge is 0.308 e. The van der Waals surface area contributed by atoms with E-state index in [9.17, 15) is 9.90 Å². The van der Waals surface area contributed by atoms with Crippen LogP contribution in [-0.4, -0.2) is 52.7 Å². The van der Waals surface area contributed by atoms with Crippen molar-refractivity contribution < 1.29 is 23.4 Å². The minimum Gasteiger partial charge on any atom is -0.497 e. The first-order valence-electron chi connectivity index (χ1n) is 10.9. The lowest BCUT2D eigenvalue weighted by atomic mass is 9.81. The summed E-state index contributed by atoms with van der Waals surface area (Å²) >= 11 is 0. The van der Waals surface area contributed by atoms with E-state index in [1.807, 2.05) is 11.0 Å². The van der Waals surface area contributed by atoms with Gasteiger partial charge in [0.25, 0.3) is 0 Å². The summed E-state index contributed by atoms with van der Waals surface area (Å²) in [5.41, 5.74) is 1.27. The Morgan fingerprint density at radius 3 is 3.06 bits per heavy atom. The monoisotopic (exact) mass is 451 g/mol. The predicted octanol–water partition coefficient (Wildman–Crippen LogP) is 4.10. The molecule has 4 rings (SSSR count). The molecule has 1 saturated heterocycles. The van der Waals surface area contributed by atoms with E-state index in [1.54, 1.807) is 31.5 Å². The number of hydrogen-bond acceptors (Lipinski definition) is 6. The minimum atomic E-state index is -1.21. The molecule has 0 spiro atoms. The fourth-order valence-electron chi connectivity index (χ4n) is 4.42. The number of oxazole rings is 1. The Hall–Kier alpha value is -3.44. The van der Waals surface area contributed by atoms with Crippen LogP contribution in [-0.2, 0) is 4.79 Å². The summed E-state index contributed by atoms with van der Waals surface area (Å²) in [4.78, 5) is 22.1. The lowest BCUT2D eigenvalue weighted by Crippen LogP contribution is -2.44. The summed E-state index contributed by atoms with van der Waals surface area (Å²) in [7, 11) is 1.57. The molecule has 1 aliphatic heterocycles. The first-order chi connectivity index (χ1) is 16.0. The van der Waals surface area contributed by atoms with Gasteiger partial charge in [0, 0.05) is 18.1 Å². The van der Waals surface area contributed by atoms with Crippen LogP contribution in [0, 0.1) is 23.7 Å². The molecule has 0 radical (unpaired) electrons. The van der Waals surface area contributed by atoms with Gasteiger partial charge in [-0.3, -0.25) is 14.7 Å². The number of piperidine rings is 1. The lowest BCUT2D eigenvalue weighted by molar-refractivity contribution is -0.146. The van der Waals surface area contributed by atoms with Crippen LogP contribution in [0.15, 0.2) is 47.5 Å². The predicted molar refractivity (Wildman–Crippen MR) is 120 cm³/mol. The highest BCUT2D eigenvalue weighted by atomic mass is 19.1. The van der Waals surface area contributed by atoms with E-state index in [0.29, 0.717) is 48.5 Å². The van der Waals surface area contributed by atoms with Crippen molar-refractivity contribution in [1.29, 1.82) is 0 Å². The number of alkyl halides is 1. The van der Waals surface area contributed by atoms with Gasteiger partial charge in [-0.25, -0.2) is 9.37 Å². The van der Waals surface area contributed by atoms with Gasteiger partial charge < -0.3 is 14.3 Å². The number of nitrogens with zero attached hydrogens (tertiary/aromatic N) is 3. The number of rotatable bonds is 7. The average molecular weight is 451 g/mol. The molecule has 2 aromatic heterocycles. The molecule has 0 aliphatic carbocycles. The van der Waals surface area contributed by atoms with E-state index in [-0.39, 0.29) is 12.3 Å². The van der Waals surface area contributed by atoms with Crippen LogP contribution in [0.1, 0.15) is 36.8 Å². The Bertz CT molecular complexity index is 1160. The molecule has 0 bridgehead atoms. The number of benzene rings is 1. The van der Waals surface area contributed by atoms with E-state index in [4.69, 9.17) is 9.15 Å². The highest BCUT2D eigenvalue weighted by molar-refractivity contribution is 5.83. The van der Waals surface area contributed by atoms with Crippen molar-refractivity contribution >= 4 is 16.9 Å². The Labute approximate surface area is 191 Å². The van der Waals surface area contributed by atoms with Crippen LogP contribution >= 0.6 is 0 Å². The SMILES string of the molecule is COc1ccc2nccc([C@H](F)CC[C@@H]3CCN(CC#Cc4cnco4)C[C@@H]3C(=O)O)c2c1. The van der Waals surface area contributed by atoms with Crippen LogP contribution in [0.3, 0.4) is 0 Å². The summed E-state index contributed by atoms with van der Waals surface area (Å²) in [6.07, 6.45) is 4.71. The molecule has 0 saturated carbocycles. The molecule has 8 heteroatoms. The third-order valence-corrected chi connectivity index (χ3v) is 6.21. The van der Waals surface area contributed by atoms with Gasteiger partial charge in [-0.15, -0.1) is 0 Å². The maximum Gasteiger partial charge on any atom is 0.308 e. The summed E-state index contributed by atoms with van der Waals surface area (Å²) in [5.74, 6) is 5.53. The molecule has 7 nitrogen and oxygen atoms in total. The number of ether oxygens (including phenoxy) is 1. The molecule has 3 aromatic rings. The molecule has 33 heavy (non-hydrogen) atoms. The van der Waals surface area contributed by atoms with Crippen molar-refractivity contribution in [3.63, 3.8) is 0 Å². The molecule has 172 valence electrons. The first-order valence-corrected chi connectivity index (χ1v) is 10.9. The quantitative estimate of drug-likeness (QED) is 0.541. The number of methoxy groups -OCH3 is 1. The summed E-state index contributed by atoms with van der Waals surface area (Å²) in [6.45, 7) is 1.58. The zero-order valence-electron chi connectivity index (χ0n) is 18.4. The van der Waals surface area contributed by atoms with Crippen molar-refractivity contribution in [3.8, 4) is 17.6 Å². The maximum atomic E-state index is 15.3. The van der Waals surface area contributed by atoms with Crippen LogP contribution < -0.4 is 4.74 Å². The molecule has 3 atom stereocenters. The number of aromatic nitrogens is 2. The Morgan fingerprint density at radius 2 is 2.30 bits per heavy atom. The second-order valence-corrected chi connectivity index (χ2v) is 8.22. The number of carbonyl (C=O) groups is 1. The topological polar surface area (TPSA) is 88.7 Å². The van der Waals surface area contributed by atoms with Crippen LogP contribution in [0.5, 0.6) is 5.75 Å². The van der Waals surface area contributed by atoms with Crippen molar-refractivity contribution in [3.05, 3.63) is 54.4 Å². The number of carboxylic acids is 1. The van der Waals surface area contributed by atoms with Crippen molar-refractivity contribution in [2.45, 2.75) is 25.4 Å². The summed E-state index contributed by atoms with van der Waals surface area (Å²) in [5, 5.41) is 10.5. The summed E-state index contributed by atoms with van der Waals surface area (Å²) in [6, 6.07) is 7.10. The van der Waals surface area contributed by atoms with Crippen LogP contribution in [0.2, 0.25) is 0 Å². The average Bonchev–Trinajstić information content (AvgIpc) is 3.35. The molecule has 1 fully saturated rings. The number of fused-ring (bicyclic) bond motifs is 1. The van der Waals surface area contributed by atoms with Gasteiger partial charge in [0.1, 0.15) is 11.9 Å². The van der Waals surface area contributed by atoms with E-state index in [1.165, 1.54) is 12.6 Å². The molecule has 0 unspecified atom stereocenters. The fraction of sp³-hybridized carbons (Fsp3) is 0.400. The van der Waals surface area contributed by atoms with Crippen molar-refractivity contribution in [2.24, 2.45) is 11.8 Å². The zero-order valence-corrected chi connectivity index (χ0v) is 18.4. The minimum absolute atomic E-state index is 0.0816. The molecule has 1 N–H and O–H groups in total. The number of aliphatic carboxylic acids is 1. The van der Waals surface area contributed by atoms with E-state index < -0.39 is 18.1 Å². The standard InChI is InChI=1S/C25H26FN3O4/c1-32-18-5-7-24-21(13-18)20(8-10-28-24)23(26)6-4-17-9-12-29(15-22(17)25(30)31)11-2-3-19-14-27-16-33-19/h5,7-8,10,13-14,16-17,22-23H,4,6,9,11-12,15H2,1H3,(H,30,31)/t17-,22+,23-/m1/s1. The van der Waals surface area contributed by atoms with E-state index >= 15 is 4.39 Å². The molecule has 0 amide bonds. The highest BCUT2D eigenvalue weighted by Gasteiger charge is 2.34. The zero-order chi connectivity index (χ0) is 23.2. The fourth-order valence-corrected chi connectivity index (χ4v) is 4.42. The molecule has 1 aliphatic rings. The maximum absolute atomic E-state index is 15.3. The number of pyridine rings is 1. The highest BCUT2D eigenvalue weighted by Crippen LogP contribution is 2.35. The first kappa shape index (κ1) is 22.7. The normalized spacial score (nSPS) is 19.6. The second kappa shape index (κ2) is 10.5. The molecular weight excluding hydrogens is 425 g/mol. The number of carboxylic acid groups (broad SMARTS) is 1. The van der Waals surface area contributed by atoms with Gasteiger partial charge in [-0.2, -0.15) is 0 Å². The Morgan fingerprint density at radius 1 is 1.42 bits per heavy atom. The van der Waals surface area contributed by atoms with Crippen LogP contribution in [0.25, 0.3) is 10.9 Å². The Kier molecular flexibility index (Phi) is 7.20. The van der Waals surface area contributed by atoms with Crippen molar-refractivity contribution in [1.82, 2.24) is 14.9 Å². The molecule has 1 aromatic carbocycles. The number of halogens is 1. The number of likely N-dealkylation sites (tertiary alicyclic amines) is 1. The Balaban J connectivity index is 1.38.